The average Bonchev–Trinajstić information content (AvgIpc) is 2.91. The molecule has 3 nitrogen and oxygen atoms in total. The Morgan fingerprint density at radius 3 is 2.78 bits per heavy atom. The van der Waals surface area contributed by atoms with Crippen molar-refractivity contribution in [2.75, 3.05) is 19.7 Å². The maximum Gasteiger partial charge on any atom is 0.256 e. The molecule has 1 amide bonds. The van der Waals surface area contributed by atoms with Gasteiger partial charge in [-0.3, -0.25) is 4.79 Å². The van der Waals surface area contributed by atoms with E-state index in [-0.39, 0.29) is 18.1 Å². The molecule has 18 heavy (non-hydrogen) atoms. The van der Waals surface area contributed by atoms with Gasteiger partial charge in [-0.05, 0) is 31.0 Å². The van der Waals surface area contributed by atoms with E-state index in [1.54, 1.807) is 4.90 Å². The van der Waals surface area contributed by atoms with Gasteiger partial charge < -0.3 is 10.0 Å². The summed E-state index contributed by atoms with van der Waals surface area (Å²) >= 11 is 0. The number of rotatable bonds is 1. The second kappa shape index (κ2) is 5.65. The Bertz CT molecular complexity index is 510. The second-order valence-electron chi connectivity index (χ2n) is 4.15. The molecule has 0 atom stereocenters. The Balaban J connectivity index is 2.27. The van der Waals surface area contributed by atoms with E-state index >= 15 is 0 Å². The van der Waals surface area contributed by atoms with Crippen molar-refractivity contribution in [3.05, 3.63) is 35.1 Å². The third kappa shape index (κ3) is 2.69. The molecule has 0 spiro atoms. The van der Waals surface area contributed by atoms with E-state index in [1.165, 1.54) is 18.2 Å². The number of hydrogen-bond donors (Lipinski definition) is 1. The fraction of sp³-hybridized carbons (Fsp3) is 0.357. The molecule has 1 aromatic rings. The SMILES string of the molecule is O=C(c1cc(C#CCO)ccc1F)N1CCCC1. The van der Waals surface area contributed by atoms with Crippen LogP contribution in [0, 0.1) is 17.7 Å². The van der Waals surface area contributed by atoms with E-state index in [1.807, 2.05) is 0 Å². The lowest BCUT2D eigenvalue weighted by Crippen LogP contribution is -2.28. The van der Waals surface area contributed by atoms with Gasteiger partial charge in [0.2, 0.25) is 0 Å². The molecule has 2 rings (SSSR count). The van der Waals surface area contributed by atoms with Crippen molar-refractivity contribution >= 4 is 5.91 Å². The highest BCUT2D eigenvalue weighted by molar-refractivity contribution is 5.95. The number of benzene rings is 1. The molecule has 0 unspecified atom stereocenters. The molecule has 0 radical (unpaired) electrons. The van der Waals surface area contributed by atoms with Crippen LogP contribution in [0.15, 0.2) is 18.2 Å². The minimum atomic E-state index is -0.526. The van der Waals surface area contributed by atoms with Crippen molar-refractivity contribution in [2.45, 2.75) is 12.8 Å². The molecule has 1 aromatic carbocycles. The van der Waals surface area contributed by atoms with Crippen molar-refractivity contribution in [2.24, 2.45) is 0 Å². The van der Waals surface area contributed by atoms with Gasteiger partial charge in [0.15, 0.2) is 0 Å². The van der Waals surface area contributed by atoms with Gasteiger partial charge in [0.25, 0.3) is 5.91 Å². The normalized spacial score (nSPS) is 14.2. The molecule has 1 aliphatic heterocycles. The minimum absolute atomic E-state index is 0.0571. The molecule has 1 fully saturated rings. The van der Waals surface area contributed by atoms with Crippen LogP contribution >= 0.6 is 0 Å². The van der Waals surface area contributed by atoms with Gasteiger partial charge in [0, 0.05) is 18.7 Å². The van der Waals surface area contributed by atoms with Gasteiger partial charge in [-0.1, -0.05) is 11.8 Å². The largest absolute Gasteiger partial charge is 0.384 e. The summed E-state index contributed by atoms with van der Waals surface area (Å²) in [6.45, 7) is 1.11. The predicted octanol–water partition coefficient (Wildman–Crippen LogP) is 1.41. The number of nitrogens with zero attached hydrogens (tertiary/aromatic N) is 1. The third-order valence-electron chi connectivity index (χ3n) is 2.90. The standard InChI is InChI=1S/C14H14FNO2/c15-13-6-5-11(4-3-9-17)10-12(13)14(18)16-7-1-2-8-16/h5-6,10,17H,1-2,7-9H2. The zero-order valence-corrected chi connectivity index (χ0v) is 9.95. The smallest absolute Gasteiger partial charge is 0.256 e. The molecule has 94 valence electrons. The third-order valence-corrected chi connectivity index (χ3v) is 2.90. The summed E-state index contributed by atoms with van der Waals surface area (Å²) in [5.74, 6) is 4.34. The number of hydrogen-bond acceptors (Lipinski definition) is 2. The highest BCUT2D eigenvalue weighted by Gasteiger charge is 2.22. The Morgan fingerprint density at radius 2 is 2.11 bits per heavy atom. The van der Waals surface area contributed by atoms with Gasteiger partial charge in [-0.2, -0.15) is 0 Å². The fourth-order valence-electron chi connectivity index (χ4n) is 2.00. The molecular formula is C14H14FNO2. The van der Waals surface area contributed by atoms with Crippen LogP contribution in [-0.2, 0) is 0 Å². The van der Waals surface area contributed by atoms with E-state index in [2.05, 4.69) is 11.8 Å². The summed E-state index contributed by atoms with van der Waals surface area (Å²) in [5, 5.41) is 8.61. The van der Waals surface area contributed by atoms with Crippen LogP contribution in [0.25, 0.3) is 0 Å². The second-order valence-corrected chi connectivity index (χ2v) is 4.15. The van der Waals surface area contributed by atoms with E-state index in [9.17, 15) is 9.18 Å². The van der Waals surface area contributed by atoms with E-state index in [4.69, 9.17) is 5.11 Å². The molecule has 0 saturated carbocycles. The number of aliphatic hydroxyl groups is 1. The van der Waals surface area contributed by atoms with Crippen LogP contribution in [0.1, 0.15) is 28.8 Å². The lowest BCUT2D eigenvalue weighted by molar-refractivity contribution is 0.0788. The Kier molecular flexibility index (Phi) is 3.96. The number of likely N-dealkylation sites (tertiary alicyclic amines) is 1. The molecule has 1 N–H and O–H groups in total. The molecule has 0 bridgehead atoms. The summed E-state index contributed by atoms with van der Waals surface area (Å²) in [7, 11) is 0. The number of carbonyl (C=O) groups excluding carboxylic acids is 1. The van der Waals surface area contributed by atoms with Gasteiger partial charge >= 0.3 is 0 Å². The van der Waals surface area contributed by atoms with Crippen LogP contribution in [0.2, 0.25) is 0 Å². The quantitative estimate of drug-likeness (QED) is 0.762. The molecule has 1 heterocycles. The van der Waals surface area contributed by atoms with Gasteiger partial charge in [-0.15, -0.1) is 0 Å². The summed E-state index contributed by atoms with van der Waals surface area (Å²) in [4.78, 5) is 13.7. The van der Waals surface area contributed by atoms with Crippen molar-refractivity contribution in [3.63, 3.8) is 0 Å². The summed E-state index contributed by atoms with van der Waals surface area (Å²) in [6.07, 6.45) is 1.94. The van der Waals surface area contributed by atoms with E-state index < -0.39 is 5.82 Å². The molecule has 0 aliphatic carbocycles. The Hall–Kier alpha value is -1.86. The minimum Gasteiger partial charge on any atom is -0.384 e. The molecule has 1 aliphatic rings. The highest BCUT2D eigenvalue weighted by atomic mass is 19.1. The maximum atomic E-state index is 13.7. The first-order valence-electron chi connectivity index (χ1n) is 5.91. The first-order chi connectivity index (χ1) is 8.72. The number of aliphatic hydroxyl groups excluding tert-OH is 1. The molecule has 0 aromatic heterocycles. The summed E-state index contributed by atoms with van der Waals surface area (Å²) < 4.78 is 13.7. The average molecular weight is 247 g/mol. The lowest BCUT2D eigenvalue weighted by atomic mass is 10.1. The van der Waals surface area contributed by atoms with Crippen molar-refractivity contribution in [3.8, 4) is 11.8 Å². The molecular weight excluding hydrogens is 233 g/mol. The van der Waals surface area contributed by atoms with Crippen LogP contribution in [0.3, 0.4) is 0 Å². The fourth-order valence-corrected chi connectivity index (χ4v) is 2.00. The maximum absolute atomic E-state index is 13.7. The molecule has 4 heteroatoms. The first kappa shape index (κ1) is 12.6. The van der Waals surface area contributed by atoms with Crippen molar-refractivity contribution < 1.29 is 14.3 Å². The van der Waals surface area contributed by atoms with E-state index in [0.29, 0.717) is 18.7 Å². The van der Waals surface area contributed by atoms with Gasteiger partial charge in [0.1, 0.15) is 12.4 Å². The van der Waals surface area contributed by atoms with Crippen LogP contribution in [0.4, 0.5) is 4.39 Å². The number of amides is 1. The zero-order chi connectivity index (χ0) is 13.0. The number of halogens is 1. The predicted molar refractivity (Wildman–Crippen MR) is 65.5 cm³/mol. The van der Waals surface area contributed by atoms with E-state index in [0.717, 1.165) is 12.8 Å². The first-order valence-corrected chi connectivity index (χ1v) is 5.91. The molecule has 1 saturated heterocycles. The van der Waals surface area contributed by atoms with Crippen molar-refractivity contribution in [1.82, 2.24) is 4.90 Å². The lowest BCUT2D eigenvalue weighted by Gasteiger charge is -2.15. The van der Waals surface area contributed by atoms with Gasteiger partial charge in [-0.25, -0.2) is 4.39 Å². The zero-order valence-electron chi connectivity index (χ0n) is 9.95. The monoisotopic (exact) mass is 247 g/mol. The van der Waals surface area contributed by atoms with Crippen molar-refractivity contribution in [1.29, 1.82) is 0 Å². The van der Waals surface area contributed by atoms with Gasteiger partial charge in [0.05, 0.1) is 5.56 Å². The van der Waals surface area contributed by atoms with Crippen LogP contribution in [0.5, 0.6) is 0 Å². The number of carbonyl (C=O) groups is 1. The Labute approximate surface area is 105 Å². The van der Waals surface area contributed by atoms with Crippen LogP contribution in [-0.4, -0.2) is 35.6 Å². The summed E-state index contributed by atoms with van der Waals surface area (Å²) in [5.41, 5.74) is 0.592. The highest BCUT2D eigenvalue weighted by Crippen LogP contribution is 2.16. The summed E-state index contributed by atoms with van der Waals surface area (Å²) in [6, 6.07) is 4.18. The van der Waals surface area contributed by atoms with Crippen LogP contribution < -0.4 is 0 Å². The topological polar surface area (TPSA) is 40.5 Å². The Morgan fingerprint density at radius 1 is 1.39 bits per heavy atom.